The van der Waals surface area contributed by atoms with Gasteiger partial charge in [-0.1, -0.05) is 6.42 Å². The van der Waals surface area contributed by atoms with Crippen molar-refractivity contribution in [3.63, 3.8) is 0 Å². The van der Waals surface area contributed by atoms with E-state index in [9.17, 15) is 0 Å². The minimum Gasteiger partial charge on any atom is -0.285 e. The van der Waals surface area contributed by atoms with Crippen molar-refractivity contribution >= 4 is 0 Å². The molecule has 2 nitrogen and oxygen atoms in total. The Kier molecular flexibility index (Phi) is 2.51. The maximum Gasteiger partial charge on any atom is 0.0870 e. The lowest BCUT2D eigenvalue weighted by atomic mass is 9.91. The Balaban J connectivity index is 2.54. The lowest BCUT2D eigenvalue weighted by Crippen LogP contribution is -2.47. The number of hydrogen-bond donors (Lipinski definition) is 0. The summed E-state index contributed by atoms with van der Waals surface area (Å²) in [7, 11) is 0. The second-order valence-electron chi connectivity index (χ2n) is 3.85. The van der Waals surface area contributed by atoms with Crippen LogP contribution in [-0.2, 0) is 0 Å². The van der Waals surface area contributed by atoms with Crippen LogP contribution in [0.2, 0.25) is 0 Å². The zero-order valence-corrected chi connectivity index (χ0v) is 7.43. The molecule has 0 bridgehead atoms. The third-order valence-electron chi connectivity index (χ3n) is 2.58. The second-order valence-corrected chi connectivity index (χ2v) is 3.85. The first-order valence-corrected chi connectivity index (χ1v) is 4.29. The Hall–Kier alpha value is -0.550. The van der Waals surface area contributed by atoms with Gasteiger partial charge in [-0.05, 0) is 33.2 Å². The van der Waals surface area contributed by atoms with Crippen LogP contribution in [0, 0.1) is 11.3 Å². The van der Waals surface area contributed by atoms with E-state index in [1.165, 1.54) is 19.3 Å². The molecule has 0 aliphatic carbocycles. The average molecular weight is 152 g/mol. The van der Waals surface area contributed by atoms with E-state index in [1.54, 1.807) is 0 Å². The lowest BCUT2D eigenvalue weighted by molar-refractivity contribution is 0.0923. The van der Waals surface area contributed by atoms with Crippen molar-refractivity contribution in [2.24, 2.45) is 0 Å². The quantitative estimate of drug-likeness (QED) is 0.535. The summed E-state index contributed by atoms with van der Waals surface area (Å²) in [6.45, 7) is 6.14. The average Bonchev–Trinajstić information content (AvgIpc) is 1.94. The third kappa shape index (κ3) is 1.94. The van der Waals surface area contributed by atoms with Gasteiger partial charge in [0.05, 0.1) is 12.6 Å². The van der Waals surface area contributed by atoms with E-state index in [1.807, 2.05) is 0 Å². The molecule has 1 rings (SSSR count). The molecular weight excluding hydrogens is 136 g/mol. The van der Waals surface area contributed by atoms with Crippen molar-refractivity contribution in [3.8, 4) is 6.07 Å². The van der Waals surface area contributed by atoms with Crippen LogP contribution >= 0.6 is 0 Å². The van der Waals surface area contributed by atoms with E-state index in [0.29, 0.717) is 6.54 Å². The zero-order chi connectivity index (χ0) is 8.32. The van der Waals surface area contributed by atoms with Gasteiger partial charge >= 0.3 is 0 Å². The molecule has 0 amide bonds. The summed E-state index contributed by atoms with van der Waals surface area (Å²) in [5.74, 6) is 0. The van der Waals surface area contributed by atoms with Gasteiger partial charge in [0, 0.05) is 5.54 Å². The fraction of sp³-hybridized carbons (Fsp3) is 0.889. The molecule has 1 heterocycles. The van der Waals surface area contributed by atoms with E-state index in [-0.39, 0.29) is 5.54 Å². The van der Waals surface area contributed by atoms with Crippen molar-refractivity contribution < 1.29 is 0 Å². The number of piperidine rings is 1. The summed E-state index contributed by atoms with van der Waals surface area (Å²) >= 11 is 0. The van der Waals surface area contributed by atoms with Gasteiger partial charge < -0.3 is 0 Å². The van der Waals surface area contributed by atoms with Crippen molar-refractivity contribution in [2.45, 2.75) is 38.6 Å². The highest BCUT2D eigenvalue weighted by atomic mass is 15.2. The summed E-state index contributed by atoms with van der Waals surface area (Å²) in [6.07, 6.45) is 3.80. The zero-order valence-electron chi connectivity index (χ0n) is 7.43. The Labute approximate surface area is 68.8 Å². The molecular formula is C9H16N2. The van der Waals surface area contributed by atoms with Gasteiger partial charge in [0.2, 0.25) is 0 Å². The molecule has 0 radical (unpaired) electrons. The van der Waals surface area contributed by atoms with Crippen molar-refractivity contribution in [1.29, 1.82) is 5.26 Å². The molecule has 1 saturated heterocycles. The summed E-state index contributed by atoms with van der Waals surface area (Å²) < 4.78 is 0. The smallest absolute Gasteiger partial charge is 0.0870 e. The van der Waals surface area contributed by atoms with Gasteiger partial charge in [0.1, 0.15) is 0 Å². The Bertz CT molecular complexity index is 167. The van der Waals surface area contributed by atoms with Gasteiger partial charge in [-0.2, -0.15) is 5.26 Å². The monoisotopic (exact) mass is 152 g/mol. The summed E-state index contributed by atoms with van der Waals surface area (Å²) in [4.78, 5) is 2.27. The molecule has 62 valence electrons. The minimum absolute atomic E-state index is 0.258. The Morgan fingerprint density at radius 2 is 2.18 bits per heavy atom. The van der Waals surface area contributed by atoms with Gasteiger partial charge in [0.25, 0.3) is 0 Å². The predicted octanol–water partition coefficient (Wildman–Crippen LogP) is 1.77. The highest BCUT2D eigenvalue weighted by Crippen LogP contribution is 2.26. The molecule has 11 heavy (non-hydrogen) atoms. The molecule has 1 aliphatic heterocycles. The molecule has 1 fully saturated rings. The van der Waals surface area contributed by atoms with Crippen LogP contribution in [0.15, 0.2) is 0 Å². The fourth-order valence-corrected chi connectivity index (χ4v) is 1.70. The lowest BCUT2D eigenvalue weighted by Gasteiger charge is -2.40. The Morgan fingerprint density at radius 3 is 2.73 bits per heavy atom. The van der Waals surface area contributed by atoms with E-state index in [0.717, 1.165) is 6.54 Å². The second kappa shape index (κ2) is 3.23. The number of rotatable bonds is 1. The summed E-state index contributed by atoms with van der Waals surface area (Å²) in [5.41, 5.74) is 0.258. The largest absolute Gasteiger partial charge is 0.285 e. The normalized spacial score (nSPS) is 24.5. The van der Waals surface area contributed by atoms with Crippen LogP contribution in [-0.4, -0.2) is 23.5 Å². The van der Waals surface area contributed by atoms with Crippen LogP contribution in [0.4, 0.5) is 0 Å². The van der Waals surface area contributed by atoms with Crippen molar-refractivity contribution in [1.82, 2.24) is 4.90 Å². The first kappa shape index (κ1) is 8.55. The molecule has 0 aromatic rings. The fourth-order valence-electron chi connectivity index (χ4n) is 1.70. The molecule has 0 N–H and O–H groups in total. The predicted molar refractivity (Wildman–Crippen MR) is 45.1 cm³/mol. The first-order chi connectivity index (χ1) is 5.17. The third-order valence-corrected chi connectivity index (χ3v) is 2.58. The molecule has 0 spiro atoms. The van der Waals surface area contributed by atoms with Gasteiger partial charge in [-0.25, -0.2) is 0 Å². The van der Waals surface area contributed by atoms with Gasteiger partial charge in [-0.3, -0.25) is 4.90 Å². The van der Waals surface area contributed by atoms with Crippen LogP contribution in [0.3, 0.4) is 0 Å². The highest BCUT2D eigenvalue weighted by molar-refractivity contribution is 4.90. The molecule has 0 saturated carbocycles. The molecule has 0 aromatic carbocycles. The van der Waals surface area contributed by atoms with Crippen LogP contribution in [0.5, 0.6) is 0 Å². The maximum absolute atomic E-state index is 8.56. The van der Waals surface area contributed by atoms with Crippen LogP contribution < -0.4 is 0 Å². The Morgan fingerprint density at radius 1 is 1.45 bits per heavy atom. The molecule has 2 heteroatoms. The van der Waals surface area contributed by atoms with E-state index in [4.69, 9.17) is 5.26 Å². The van der Waals surface area contributed by atoms with Crippen LogP contribution in [0.1, 0.15) is 33.1 Å². The van der Waals surface area contributed by atoms with E-state index < -0.39 is 0 Å². The SMILES string of the molecule is CC1(C)CCCCN1CC#N. The van der Waals surface area contributed by atoms with Gasteiger partial charge in [0.15, 0.2) is 0 Å². The number of nitriles is 1. The highest BCUT2D eigenvalue weighted by Gasteiger charge is 2.28. The van der Waals surface area contributed by atoms with Gasteiger partial charge in [-0.15, -0.1) is 0 Å². The summed E-state index contributed by atoms with van der Waals surface area (Å²) in [6, 6.07) is 2.22. The number of likely N-dealkylation sites (tertiary alicyclic amines) is 1. The van der Waals surface area contributed by atoms with E-state index >= 15 is 0 Å². The molecule has 0 atom stereocenters. The maximum atomic E-state index is 8.56. The molecule has 0 unspecified atom stereocenters. The first-order valence-electron chi connectivity index (χ1n) is 4.29. The minimum atomic E-state index is 0.258. The molecule has 1 aliphatic rings. The van der Waals surface area contributed by atoms with E-state index in [2.05, 4.69) is 24.8 Å². The number of hydrogen-bond acceptors (Lipinski definition) is 2. The number of nitrogens with zero attached hydrogens (tertiary/aromatic N) is 2. The topological polar surface area (TPSA) is 27.0 Å². The summed E-state index contributed by atoms with van der Waals surface area (Å²) in [5, 5.41) is 8.56. The van der Waals surface area contributed by atoms with Crippen molar-refractivity contribution in [3.05, 3.63) is 0 Å². The standard InChI is InChI=1S/C9H16N2/c1-9(2)5-3-4-7-11(9)8-6-10/h3-5,7-8H2,1-2H3. The molecule has 0 aromatic heterocycles. The van der Waals surface area contributed by atoms with Crippen LogP contribution in [0.25, 0.3) is 0 Å². The van der Waals surface area contributed by atoms with Crippen molar-refractivity contribution in [2.75, 3.05) is 13.1 Å².